The fourth-order valence-electron chi connectivity index (χ4n) is 4.40. The predicted octanol–water partition coefficient (Wildman–Crippen LogP) is 5.72. The van der Waals surface area contributed by atoms with Crippen molar-refractivity contribution in [1.29, 1.82) is 0 Å². The number of aromatic amines is 2. The van der Waals surface area contributed by atoms with Crippen molar-refractivity contribution in [2.45, 2.75) is 19.8 Å². The molecular weight excluding hydrogens is 382 g/mol. The van der Waals surface area contributed by atoms with Crippen LogP contribution < -0.4 is 0 Å². The Morgan fingerprint density at radius 2 is 2.03 bits per heavy atom. The Kier molecular flexibility index (Phi) is 5.26. The average molecular weight is 410 g/mol. The minimum Gasteiger partial charge on any atom is -0.352 e. The van der Waals surface area contributed by atoms with E-state index in [0.717, 1.165) is 39.7 Å². The molecule has 1 aromatic carbocycles. The first-order chi connectivity index (χ1) is 15.2. The lowest BCUT2D eigenvalue weighted by molar-refractivity contribution is 0.371. The second-order valence-electron chi connectivity index (χ2n) is 8.13. The number of aromatic nitrogens is 4. The number of hydrogen-bond acceptors (Lipinski definition) is 3. The van der Waals surface area contributed by atoms with Gasteiger partial charge >= 0.3 is 0 Å². The van der Waals surface area contributed by atoms with Crippen molar-refractivity contribution in [1.82, 2.24) is 25.1 Å². The molecule has 1 fully saturated rings. The molecule has 5 heteroatoms. The van der Waals surface area contributed by atoms with Crippen LogP contribution in [0.5, 0.6) is 0 Å². The molecule has 1 aliphatic rings. The van der Waals surface area contributed by atoms with Gasteiger partial charge in [0, 0.05) is 23.5 Å². The second-order valence-corrected chi connectivity index (χ2v) is 8.13. The lowest BCUT2D eigenvalue weighted by atomic mass is 10.00. The maximum absolute atomic E-state index is 4.60. The van der Waals surface area contributed by atoms with Gasteiger partial charge in [-0.05, 0) is 73.8 Å². The van der Waals surface area contributed by atoms with Gasteiger partial charge in [0.2, 0.25) is 0 Å². The molecule has 0 radical (unpaired) electrons. The summed E-state index contributed by atoms with van der Waals surface area (Å²) in [5.74, 6) is 0. The highest BCUT2D eigenvalue weighted by molar-refractivity contribution is 5.97. The van der Waals surface area contributed by atoms with E-state index in [0.29, 0.717) is 0 Å². The van der Waals surface area contributed by atoms with Crippen LogP contribution in [0.4, 0.5) is 0 Å². The molecule has 3 aromatic heterocycles. The van der Waals surface area contributed by atoms with Gasteiger partial charge in [-0.1, -0.05) is 30.9 Å². The van der Waals surface area contributed by atoms with Gasteiger partial charge in [0.1, 0.15) is 5.69 Å². The molecular formula is C26H27N5. The summed E-state index contributed by atoms with van der Waals surface area (Å²) in [6, 6.07) is 10.6. The van der Waals surface area contributed by atoms with Crippen molar-refractivity contribution in [2.75, 3.05) is 19.6 Å². The molecule has 156 valence electrons. The third kappa shape index (κ3) is 3.84. The van der Waals surface area contributed by atoms with E-state index in [9.17, 15) is 0 Å². The van der Waals surface area contributed by atoms with Gasteiger partial charge < -0.3 is 4.98 Å². The average Bonchev–Trinajstić information content (AvgIpc) is 3.55. The maximum Gasteiger partial charge on any atom is 0.116 e. The van der Waals surface area contributed by atoms with Crippen LogP contribution in [0, 0.1) is 0 Å². The van der Waals surface area contributed by atoms with Crippen LogP contribution in [-0.4, -0.2) is 44.7 Å². The van der Waals surface area contributed by atoms with E-state index in [-0.39, 0.29) is 0 Å². The molecule has 0 bridgehead atoms. The zero-order valence-corrected chi connectivity index (χ0v) is 17.9. The van der Waals surface area contributed by atoms with E-state index in [1.807, 2.05) is 24.5 Å². The molecule has 5 rings (SSSR count). The Hall–Kier alpha value is -3.44. The molecule has 0 amide bonds. The number of fused-ring (bicyclic) bond motifs is 2. The lowest BCUT2D eigenvalue weighted by Crippen LogP contribution is -2.21. The zero-order valence-electron chi connectivity index (χ0n) is 17.9. The Balaban J connectivity index is 1.51. The molecule has 2 N–H and O–H groups in total. The normalized spacial score (nSPS) is 15.9. The first-order valence-corrected chi connectivity index (χ1v) is 10.9. The predicted molar refractivity (Wildman–Crippen MR) is 129 cm³/mol. The molecule has 0 saturated carbocycles. The number of rotatable bonds is 6. The highest BCUT2D eigenvalue weighted by atomic mass is 15.1. The largest absolute Gasteiger partial charge is 0.352 e. The molecule has 4 aromatic rings. The molecule has 31 heavy (non-hydrogen) atoms. The number of hydrogen-bond donors (Lipinski definition) is 2. The van der Waals surface area contributed by atoms with Crippen molar-refractivity contribution >= 4 is 27.4 Å². The van der Waals surface area contributed by atoms with Crippen LogP contribution >= 0.6 is 0 Å². The molecule has 1 saturated heterocycles. The van der Waals surface area contributed by atoms with Crippen LogP contribution in [0.1, 0.15) is 25.3 Å². The van der Waals surface area contributed by atoms with Crippen molar-refractivity contribution < 1.29 is 0 Å². The van der Waals surface area contributed by atoms with Crippen molar-refractivity contribution in [3.8, 4) is 11.4 Å². The van der Waals surface area contributed by atoms with Gasteiger partial charge in [0.25, 0.3) is 0 Å². The number of nitrogens with zero attached hydrogens (tertiary/aromatic N) is 3. The topological polar surface area (TPSA) is 60.6 Å². The Morgan fingerprint density at radius 1 is 1.16 bits per heavy atom. The van der Waals surface area contributed by atoms with Gasteiger partial charge in [-0.25, -0.2) is 0 Å². The molecule has 1 aliphatic heterocycles. The van der Waals surface area contributed by atoms with Crippen molar-refractivity contribution in [2.24, 2.45) is 0 Å². The Labute approximate surface area is 182 Å². The van der Waals surface area contributed by atoms with Gasteiger partial charge in [0.15, 0.2) is 0 Å². The highest BCUT2D eigenvalue weighted by Crippen LogP contribution is 2.31. The number of benzene rings is 1. The molecule has 0 atom stereocenters. The minimum absolute atomic E-state index is 0.925. The molecule has 0 spiro atoms. The smallest absolute Gasteiger partial charge is 0.116 e. The fraction of sp³-hybridized carbons (Fsp3) is 0.231. The van der Waals surface area contributed by atoms with E-state index in [4.69, 9.17) is 0 Å². The maximum atomic E-state index is 4.60. The van der Waals surface area contributed by atoms with Crippen LogP contribution in [0.25, 0.3) is 38.8 Å². The van der Waals surface area contributed by atoms with E-state index in [2.05, 4.69) is 75.0 Å². The molecule has 0 aliphatic carbocycles. The summed E-state index contributed by atoms with van der Waals surface area (Å²) in [6.07, 6.45) is 12.7. The zero-order chi connectivity index (χ0) is 21.2. The summed E-state index contributed by atoms with van der Waals surface area (Å²) in [6.45, 7) is 9.47. The Bertz CT molecular complexity index is 1260. The van der Waals surface area contributed by atoms with Gasteiger partial charge in [-0.15, -0.1) is 0 Å². The van der Waals surface area contributed by atoms with Crippen LogP contribution in [0.2, 0.25) is 0 Å². The van der Waals surface area contributed by atoms with E-state index in [1.165, 1.54) is 42.6 Å². The summed E-state index contributed by atoms with van der Waals surface area (Å²) < 4.78 is 0. The summed E-state index contributed by atoms with van der Waals surface area (Å²) in [5, 5.41) is 10.0. The van der Waals surface area contributed by atoms with Crippen LogP contribution in [-0.2, 0) is 0 Å². The number of H-pyrrole nitrogens is 2. The van der Waals surface area contributed by atoms with Crippen LogP contribution in [0.15, 0.2) is 73.1 Å². The van der Waals surface area contributed by atoms with E-state index >= 15 is 0 Å². The third-order valence-electron chi connectivity index (χ3n) is 6.09. The van der Waals surface area contributed by atoms with Crippen molar-refractivity contribution in [3.63, 3.8) is 0 Å². The first kappa shape index (κ1) is 19.5. The highest BCUT2D eigenvalue weighted by Gasteiger charge is 2.14. The monoisotopic (exact) mass is 409 g/mol. The van der Waals surface area contributed by atoms with Crippen LogP contribution in [0.3, 0.4) is 0 Å². The number of likely N-dealkylation sites (tertiary alicyclic amines) is 1. The standard InChI is InChI=1S/C26H27N5/c1-3-18(17-31-11-5-6-12-31)13-19(4-2)20-7-8-23-22(14-20)26(30-29-23)24-15-21-9-10-27-16-25(21)28-24/h3-4,7-10,13-16,28H,1,5-6,11-12,17H2,2H3,(H,29,30)/b18-13+,19-4+. The summed E-state index contributed by atoms with van der Waals surface area (Å²) >= 11 is 0. The van der Waals surface area contributed by atoms with Crippen molar-refractivity contribution in [3.05, 3.63) is 78.7 Å². The fourth-order valence-corrected chi connectivity index (χ4v) is 4.40. The molecule has 0 unspecified atom stereocenters. The quantitative estimate of drug-likeness (QED) is 0.401. The summed E-state index contributed by atoms with van der Waals surface area (Å²) in [4.78, 5) is 10.2. The minimum atomic E-state index is 0.925. The van der Waals surface area contributed by atoms with Gasteiger partial charge in [-0.3, -0.25) is 15.0 Å². The number of pyridine rings is 1. The molecule has 4 heterocycles. The number of nitrogens with one attached hydrogen (secondary N) is 2. The second kappa shape index (κ2) is 8.36. The number of allylic oxidation sites excluding steroid dienone is 3. The Morgan fingerprint density at radius 3 is 2.81 bits per heavy atom. The summed E-state index contributed by atoms with van der Waals surface area (Å²) in [5.41, 5.74) is 7.58. The summed E-state index contributed by atoms with van der Waals surface area (Å²) in [7, 11) is 0. The van der Waals surface area contributed by atoms with E-state index in [1.54, 1.807) is 0 Å². The first-order valence-electron chi connectivity index (χ1n) is 10.9. The lowest BCUT2D eigenvalue weighted by Gasteiger charge is -2.15. The van der Waals surface area contributed by atoms with E-state index < -0.39 is 0 Å². The van der Waals surface area contributed by atoms with Gasteiger partial charge in [-0.2, -0.15) is 5.10 Å². The van der Waals surface area contributed by atoms with Gasteiger partial charge in [0.05, 0.1) is 22.9 Å². The third-order valence-corrected chi connectivity index (χ3v) is 6.09. The SMILES string of the molecule is C=C/C(=C\C(=C/C)c1ccc2[nH]nc(-c3cc4ccncc4[nH]3)c2c1)CN1CCCC1. The molecule has 5 nitrogen and oxygen atoms in total.